The summed E-state index contributed by atoms with van der Waals surface area (Å²) in [6, 6.07) is 7.05. The smallest absolute Gasteiger partial charge is 0.180 e. The lowest BCUT2D eigenvalue weighted by Crippen LogP contribution is -2.25. The number of benzene rings is 1. The summed E-state index contributed by atoms with van der Waals surface area (Å²) >= 11 is 0. The van der Waals surface area contributed by atoms with Crippen molar-refractivity contribution >= 4 is 15.5 Å². The normalized spacial score (nSPS) is 23.5. The maximum atomic E-state index is 12.0. The van der Waals surface area contributed by atoms with Gasteiger partial charge in [-0.25, -0.2) is 8.42 Å². The standard InChI is InChI=1S/C15H23NO3S/c1-2-20(18,19)15-9-4-3-8-14(15)16-11-12-6-5-7-13(17)10-12/h3-4,8-9,12-13,16-17H,2,5-7,10-11H2,1H3. The average molecular weight is 297 g/mol. The lowest BCUT2D eigenvalue weighted by molar-refractivity contribution is 0.104. The fourth-order valence-corrected chi connectivity index (χ4v) is 3.81. The van der Waals surface area contributed by atoms with E-state index in [0.717, 1.165) is 25.7 Å². The van der Waals surface area contributed by atoms with Crippen LogP contribution in [0.3, 0.4) is 0 Å². The van der Waals surface area contributed by atoms with E-state index < -0.39 is 9.84 Å². The molecule has 1 aromatic rings. The summed E-state index contributed by atoms with van der Waals surface area (Å²) in [4.78, 5) is 0.374. The highest BCUT2D eigenvalue weighted by Gasteiger charge is 2.21. The molecule has 0 spiro atoms. The van der Waals surface area contributed by atoms with Gasteiger partial charge in [-0.1, -0.05) is 25.5 Å². The number of hydrogen-bond donors (Lipinski definition) is 2. The van der Waals surface area contributed by atoms with E-state index >= 15 is 0 Å². The maximum Gasteiger partial charge on any atom is 0.180 e. The maximum absolute atomic E-state index is 12.0. The highest BCUT2D eigenvalue weighted by molar-refractivity contribution is 7.91. The van der Waals surface area contributed by atoms with Gasteiger partial charge in [0.1, 0.15) is 0 Å². The van der Waals surface area contributed by atoms with Crippen LogP contribution in [0.4, 0.5) is 5.69 Å². The van der Waals surface area contributed by atoms with Crippen LogP contribution in [-0.2, 0) is 9.84 Å². The van der Waals surface area contributed by atoms with Crippen LogP contribution in [0.1, 0.15) is 32.6 Å². The molecule has 2 atom stereocenters. The Balaban J connectivity index is 2.06. The molecule has 2 N–H and O–H groups in total. The minimum atomic E-state index is -3.20. The highest BCUT2D eigenvalue weighted by Crippen LogP contribution is 2.26. The van der Waals surface area contributed by atoms with Gasteiger partial charge in [-0.2, -0.15) is 0 Å². The Labute approximate surface area is 121 Å². The zero-order valence-electron chi connectivity index (χ0n) is 11.9. The number of anilines is 1. The fraction of sp³-hybridized carbons (Fsp3) is 0.600. The third-order valence-corrected chi connectivity index (χ3v) is 5.72. The van der Waals surface area contributed by atoms with Gasteiger partial charge in [0.05, 0.1) is 22.4 Å². The summed E-state index contributed by atoms with van der Waals surface area (Å²) in [5, 5.41) is 12.9. The van der Waals surface area contributed by atoms with Crippen molar-refractivity contribution < 1.29 is 13.5 Å². The van der Waals surface area contributed by atoms with Gasteiger partial charge < -0.3 is 10.4 Å². The van der Waals surface area contributed by atoms with Crippen molar-refractivity contribution in [3.8, 4) is 0 Å². The molecule has 0 bridgehead atoms. The van der Waals surface area contributed by atoms with Crippen LogP contribution in [0.25, 0.3) is 0 Å². The van der Waals surface area contributed by atoms with E-state index in [1.165, 1.54) is 0 Å². The van der Waals surface area contributed by atoms with Gasteiger partial charge in [0.15, 0.2) is 9.84 Å². The number of para-hydroxylation sites is 1. The second kappa shape index (κ2) is 6.59. The van der Waals surface area contributed by atoms with E-state index in [2.05, 4.69) is 5.32 Å². The van der Waals surface area contributed by atoms with E-state index in [1.807, 2.05) is 12.1 Å². The zero-order valence-corrected chi connectivity index (χ0v) is 12.7. The van der Waals surface area contributed by atoms with Crippen molar-refractivity contribution in [3.63, 3.8) is 0 Å². The average Bonchev–Trinajstić information content (AvgIpc) is 2.45. The molecule has 0 heterocycles. The molecule has 0 radical (unpaired) electrons. The second-order valence-corrected chi connectivity index (χ2v) is 7.71. The Morgan fingerprint density at radius 3 is 2.75 bits per heavy atom. The first-order valence-corrected chi connectivity index (χ1v) is 8.92. The Morgan fingerprint density at radius 1 is 1.30 bits per heavy atom. The minimum absolute atomic E-state index is 0.105. The van der Waals surface area contributed by atoms with Crippen molar-refractivity contribution in [1.29, 1.82) is 0 Å². The number of sulfone groups is 1. The lowest BCUT2D eigenvalue weighted by atomic mass is 9.87. The monoisotopic (exact) mass is 297 g/mol. The first-order chi connectivity index (χ1) is 9.53. The van der Waals surface area contributed by atoms with Gasteiger partial charge >= 0.3 is 0 Å². The summed E-state index contributed by atoms with van der Waals surface area (Å²) in [7, 11) is -3.20. The van der Waals surface area contributed by atoms with Gasteiger partial charge in [-0.3, -0.25) is 0 Å². The highest BCUT2D eigenvalue weighted by atomic mass is 32.2. The van der Waals surface area contributed by atoms with Gasteiger partial charge in [0.25, 0.3) is 0 Å². The third kappa shape index (κ3) is 3.73. The number of nitrogens with one attached hydrogen (secondary N) is 1. The van der Waals surface area contributed by atoms with E-state index in [9.17, 15) is 13.5 Å². The molecule has 1 aliphatic rings. The molecule has 1 aliphatic carbocycles. The molecule has 4 nitrogen and oxygen atoms in total. The van der Waals surface area contributed by atoms with Gasteiger partial charge in [0.2, 0.25) is 0 Å². The molecule has 2 unspecified atom stereocenters. The quantitative estimate of drug-likeness (QED) is 0.876. The van der Waals surface area contributed by atoms with Crippen LogP contribution in [0.2, 0.25) is 0 Å². The van der Waals surface area contributed by atoms with Crippen LogP contribution in [0.15, 0.2) is 29.2 Å². The molecule has 0 saturated heterocycles. The molecule has 112 valence electrons. The van der Waals surface area contributed by atoms with Crippen molar-refractivity contribution in [3.05, 3.63) is 24.3 Å². The van der Waals surface area contributed by atoms with Crippen molar-refractivity contribution in [1.82, 2.24) is 0 Å². The fourth-order valence-electron chi connectivity index (χ4n) is 2.74. The molecular formula is C15H23NO3S. The van der Waals surface area contributed by atoms with E-state index in [-0.39, 0.29) is 11.9 Å². The molecule has 0 aliphatic heterocycles. The molecule has 0 amide bonds. The predicted molar refractivity (Wildman–Crippen MR) is 80.6 cm³/mol. The van der Waals surface area contributed by atoms with E-state index in [1.54, 1.807) is 19.1 Å². The van der Waals surface area contributed by atoms with Gasteiger partial charge in [-0.05, 0) is 37.3 Å². The Hall–Kier alpha value is -1.07. The summed E-state index contributed by atoms with van der Waals surface area (Å²) in [5.41, 5.74) is 0.675. The number of aliphatic hydroxyl groups excluding tert-OH is 1. The minimum Gasteiger partial charge on any atom is -0.393 e. The Kier molecular flexibility index (Phi) is 5.05. The topological polar surface area (TPSA) is 66.4 Å². The van der Waals surface area contributed by atoms with Crippen LogP contribution in [0.5, 0.6) is 0 Å². The third-order valence-electron chi connectivity index (χ3n) is 3.94. The van der Waals surface area contributed by atoms with Gasteiger partial charge in [-0.15, -0.1) is 0 Å². The molecule has 1 aromatic carbocycles. The van der Waals surface area contributed by atoms with Crippen molar-refractivity contribution in [2.45, 2.75) is 43.6 Å². The van der Waals surface area contributed by atoms with Crippen molar-refractivity contribution in [2.75, 3.05) is 17.6 Å². The summed E-state index contributed by atoms with van der Waals surface area (Å²) in [5.74, 6) is 0.518. The Bertz CT molecular complexity index is 542. The molecule has 20 heavy (non-hydrogen) atoms. The van der Waals surface area contributed by atoms with Crippen LogP contribution >= 0.6 is 0 Å². The summed E-state index contributed by atoms with van der Waals surface area (Å²) < 4.78 is 24.1. The van der Waals surface area contributed by atoms with Crippen LogP contribution in [0, 0.1) is 5.92 Å². The van der Waals surface area contributed by atoms with Crippen LogP contribution in [-0.4, -0.2) is 31.9 Å². The number of aliphatic hydroxyl groups is 1. The predicted octanol–water partition coefficient (Wildman–Crippen LogP) is 2.44. The molecule has 0 aromatic heterocycles. The SMILES string of the molecule is CCS(=O)(=O)c1ccccc1NCC1CCCC(O)C1. The molecule has 1 saturated carbocycles. The first kappa shape index (κ1) is 15.3. The largest absolute Gasteiger partial charge is 0.393 e. The second-order valence-electron chi connectivity index (χ2n) is 5.47. The number of hydrogen-bond acceptors (Lipinski definition) is 4. The van der Waals surface area contributed by atoms with Crippen LogP contribution < -0.4 is 5.32 Å². The molecular weight excluding hydrogens is 274 g/mol. The van der Waals surface area contributed by atoms with Crippen molar-refractivity contribution in [2.24, 2.45) is 5.92 Å². The summed E-state index contributed by atoms with van der Waals surface area (Å²) in [6.45, 7) is 2.37. The molecule has 2 rings (SSSR count). The molecule has 1 fully saturated rings. The van der Waals surface area contributed by atoms with E-state index in [0.29, 0.717) is 23.0 Å². The Morgan fingerprint density at radius 2 is 2.05 bits per heavy atom. The lowest BCUT2D eigenvalue weighted by Gasteiger charge is -2.26. The number of rotatable bonds is 5. The van der Waals surface area contributed by atoms with Gasteiger partial charge in [0, 0.05) is 6.54 Å². The zero-order chi connectivity index (χ0) is 14.6. The summed E-state index contributed by atoms with van der Waals surface area (Å²) in [6.07, 6.45) is 3.62. The van der Waals surface area contributed by atoms with E-state index in [4.69, 9.17) is 0 Å². The molecule has 5 heteroatoms. The first-order valence-electron chi connectivity index (χ1n) is 7.26.